The van der Waals surface area contributed by atoms with Crippen LogP contribution in [0.5, 0.6) is 0 Å². The topological polar surface area (TPSA) is 54.4 Å². The van der Waals surface area contributed by atoms with E-state index in [4.69, 9.17) is 5.11 Å². The molecule has 0 radical (unpaired) electrons. The van der Waals surface area contributed by atoms with Crippen LogP contribution in [0.4, 0.5) is 4.39 Å². The Bertz CT molecular complexity index is 464. The molecule has 1 rings (SSSR count). The van der Waals surface area contributed by atoms with Crippen molar-refractivity contribution in [1.29, 1.82) is 0 Å². The van der Waals surface area contributed by atoms with Gasteiger partial charge in [0, 0.05) is 18.1 Å². The summed E-state index contributed by atoms with van der Waals surface area (Å²) in [7, 11) is 0. The van der Waals surface area contributed by atoms with Gasteiger partial charge >= 0.3 is 5.97 Å². The number of Topliss-reactive ketones (excluding diaryl/α,β-unsaturated/α-hetero) is 1. The lowest BCUT2D eigenvalue weighted by molar-refractivity contribution is -0.131. The highest BCUT2D eigenvalue weighted by Crippen LogP contribution is 2.13. The number of carboxylic acid groups (broad SMARTS) is 1. The first kappa shape index (κ1) is 13.1. The Morgan fingerprint density at radius 2 is 2.12 bits per heavy atom. The Hall–Kier alpha value is -1.97. The minimum Gasteiger partial charge on any atom is -0.478 e. The maximum atomic E-state index is 13.5. The Morgan fingerprint density at radius 3 is 2.65 bits per heavy atom. The molecule has 0 saturated heterocycles. The van der Waals surface area contributed by atoms with Gasteiger partial charge in [-0.2, -0.15) is 0 Å². The van der Waals surface area contributed by atoms with Crippen LogP contribution in [-0.2, 0) is 16.0 Å². The molecule has 0 aromatic heterocycles. The highest BCUT2D eigenvalue weighted by molar-refractivity contribution is 5.85. The van der Waals surface area contributed by atoms with E-state index < -0.39 is 11.8 Å². The lowest BCUT2D eigenvalue weighted by Gasteiger charge is -2.02. The summed E-state index contributed by atoms with van der Waals surface area (Å²) in [5.74, 6) is -1.55. The number of hydrogen-bond acceptors (Lipinski definition) is 2. The molecule has 0 aliphatic carbocycles. The average Bonchev–Trinajstić information content (AvgIpc) is 2.24. The van der Waals surface area contributed by atoms with Crippen LogP contribution in [0.15, 0.2) is 24.3 Å². The summed E-state index contributed by atoms with van der Waals surface area (Å²) in [6.45, 7) is 1.49. The number of rotatable bonds is 5. The van der Waals surface area contributed by atoms with Crippen LogP contribution < -0.4 is 0 Å². The van der Waals surface area contributed by atoms with Gasteiger partial charge in [0.25, 0.3) is 0 Å². The SMILES string of the molecule is CC(=O)CCc1ccc(/C=C/C(=O)O)c(F)c1. The molecule has 0 amide bonds. The quantitative estimate of drug-likeness (QED) is 0.799. The number of aliphatic carboxylic acids is 1. The lowest BCUT2D eigenvalue weighted by Crippen LogP contribution is -1.95. The Morgan fingerprint density at radius 1 is 1.41 bits per heavy atom. The number of aryl methyl sites for hydroxylation is 1. The number of carbonyl (C=O) groups is 2. The van der Waals surface area contributed by atoms with Crippen LogP contribution in [0.25, 0.3) is 6.08 Å². The molecule has 0 fully saturated rings. The molecule has 3 nitrogen and oxygen atoms in total. The predicted molar refractivity (Wildman–Crippen MR) is 62.1 cm³/mol. The van der Waals surface area contributed by atoms with Crippen molar-refractivity contribution in [3.8, 4) is 0 Å². The van der Waals surface area contributed by atoms with Crippen LogP contribution in [-0.4, -0.2) is 16.9 Å². The molecule has 1 aromatic carbocycles. The van der Waals surface area contributed by atoms with Gasteiger partial charge in [0.05, 0.1) is 0 Å². The number of hydrogen-bond donors (Lipinski definition) is 1. The molecule has 0 bridgehead atoms. The number of halogens is 1. The van der Waals surface area contributed by atoms with Gasteiger partial charge < -0.3 is 9.90 Å². The fourth-order valence-electron chi connectivity index (χ4n) is 1.34. The van der Waals surface area contributed by atoms with Gasteiger partial charge in [-0.15, -0.1) is 0 Å². The molecule has 0 unspecified atom stereocenters. The van der Waals surface area contributed by atoms with Gasteiger partial charge in [-0.1, -0.05) is 12.1 Å². The summed E-state index contributed by atoms with van der Waals surface area (Å²) in [6, 6.07) is 4.52. The van der Waals surface area contributed by atoms with Gasteiger partial charge in [0.2, 0.25) is 0 Å². The minimum absolute atomic E-state index is 0.0558. The van der Waals surface area contributed by atoms with E-state index in [1.54, 1.807) is 6.07 Å². The lowest BCUT2D eigenvalue weighted by atomic mass is 10.1. The Labute approximate surface area is 98.6 Å². The van der Waals surface area contributed by atoms with Gasteiger partial charge in [-0.25, -0.2) is 9.18 Å². The second-order valence-corrected chi connectivity index (χ2v) is 3.73. The number of carbonyl (C=O) groups excluding carboxylic acids is 1. The normalized spacial score (nSPS) is 10.7. The minimum atomic E-state index is -1.12. The van der Waals surface area contributed by atoms with E-state index in [0.717, 1.165) is 11.6 Å². The summed E-state index contributed by atoms with van der Waals surface area (Å²) in [5, 5.41) is 8.42. The predicted octanol–water partition coefficient (Wildman–Crippen LogP) is 2.45. The van der Waals surface area contributed by atoms with Crippen LogP contribution >= 0.6 is 0 Å². The van der Waals surface area contributed by atoms with Crippen molar-refractivity contribution in [3.63, 3.8) is 0 Å². The third-order valence-corrected chi connectivity index (χ3v) is 2.24. The number of ketones is 1. The molecule has 0 aliphatic heterocycles. The molecule has 0 spiro atoms. The zero-order valence-electron chi connectivity index (χ0n) is 9.44. The Balaban J connectivity index is 2.79. The summed E-state index contributed by atoms with van der Waals surface area (Å²) in [4.78, 5) is 21.1. The third-order valence-electron chi connectivity index (χ3n) is 2.24. The number of carboxylic acids is 1. The zero-order chi connectivity index (χ0) is 12.8. The van der Waals surface area contributed by atoms with Crippen molar-refractivity contribution in [2.45, 2.75) is 19.8 Å². The largest absolute Gasteiger partial charge is 0.478 e. The maximum Gasteiger partial charge on any atom is 0.328 e. The fourth-order valence-corrected chi connectivity index (χ4v) is 1.34. The second kappa shape index (κ2) is 5.94. The van der Waals surface area contributed by atoms with Crippen molar-refractivity contribution in [2.75, 3.05) is 0 Å². The Kier molecular flexibility index (Phi) is 4.57. The van der Waals surface area contributed by atoms with E-state index >= 15 is 0 Å². The average molecular weight is 236 g/mol. The molecule has 90 valence electrons. The van der Waals surface area contributed by atoms with Crippen molar-refractivity contribution in [2.24, 2.45) is 0 Å². The first-order valence-electron chi connectivity index (χ1n) is 5.18. The van der Waals surface area contributed by atoms with Crippen molar-refractivity contribution < 1.29 is 19.1 Å². The summed E-state index contributed by atoms with van der Waals surface area (Å²) < 4.78 is 13.5. The second-order valence-electron chi connectivity index (χ2n) is 3.73. The van der Waals surface area contributed by atoms with E-state index in [-0.39, 0.29) is 11.3 Å². The molecular formula is C13H13FO3. The standard InChI is InChI=1S/C13H13FO3/c1-9(15)2-3-10-4-5-11(12(14)8-10)6-7-13(16)17/h4-8H,2-3H2,1H3,(H,16,17)/b7-6+. The van der Waals surface area contributed by atoms with E-state index in [2.05, 4.69) is 0 Å². The van der Waals surface area contributed by atoms with Crippen molar-refractivity contribution in [1.82, 2.24) is 0 Å². The molecule has 1 N–H and O–H groups in total. The fraction of sp³-hybridized carbons (Fsp3) is 0.231. The first-order valence-corrected chi connectivity index (χ1v) is 5.18. The first-order chi connectivity index (χ1) is 7.99. The van der Waals surface area contributed by atoms with Gasteiger partial charge in [0.15, 0.2) is 0 Å². The van der Waals surface area contributed by atoms with E-state index in [9.17, 15) is 14.0 Å². The van der Waals surface area contributed by atoms with Crippen LogP contribution in [0, 0.1) is 5.82 Å². The molecule has 17 heavy (non-hydrogen) atoms. The van der Waals surface area contributed by atoms with E-state index in [1.165, 1.54) is 25.1 Å². The summed E-state index contributed by atoms with van der Waals surface area (Å²) in [6.07, 6.45) is 2.96. The van der Waals surface area contributed by atoms with E-state index in [0.29, 0.717) is 12.8 Å². The molecule has 4 heteroatoms. The smallest absolute Gasteiger partial charge is 0.328 e. The highest BCUT2D eigenvalue weighted by Gasteiger charge is 2.02. The van der Waals surface area contributed by atoms with Crippen LogP contribution in [0.1, 0.15) is 24.5 Å². The van der Waals surface area contributed by atoms with Crippen molar-refractivity contribution >= 4 is 17.8 Å². The van der Waals surface area contributed by atoms with Gasteiger partial charge in [0.1, 0.15) is 11.6 Å². The zero-order valence-corrected chi connectivity index (χ0v) is 9.44. The summed E-state index contributed by atoms with van der Waals surface area (Å²) >= 11 is 0. The monoisotopic (exact) mass is 236 g/mol. The van der Waals surface area contributed by atoms with Gasteiger partial charge in [-0.3, -0.25) is 0 Å². The molecule has 0 heterocycles. The molecule has 0 aliphatic rings. The maximum absolute atomic E-state index is 13.5. The number of benzene rings is 1. The van der Waals surface area contributed by atoms with Crippen LogP contribution in [0.2, 0.25) is 0 Å². The van der Waals surface area contributed by atoms with Gasteiger partial charge in [-0.05, 0) is 31.1 Å². The van der Waals surface area contributed by atoms with E-state index in [1.807, 2.05) is 0 Å². The van der Waals surface area contributed by atoms with Crippen LogP contribution in [0.3, 0.4) is 0 Å². The molecule has 0 saturated carbocycles. The molecule has 0 atom stereocenters. The molecule has 1 aromatic rings. The summed E-state index contributed by atoms with van der Waals surface area (Å²) in [5.41, 5.74) is 0.948. The van der Waals surface area contributed by atoms with Crippen molar-refractivity contribution in [3.05, 3.63) is 41.2 Å². The molecular weight excluding hydrogens is 223 g/mol. The third kappa shape index (κ3) is 4.59. The highest BCUT2D eigenvalue weighted by atomic mass is 19.1.